The van der Waals surface area contributed by atoms with Crippen LogP contribution in [0.2, 0.25) is 0 Å². The first kappa shape index (κ1) is 11.0. The molecule has 1 aromatic carbocycles. The Morgan fingerprint density at radius 2 is 2.11 bits per heavy atom. The predicted octanol–water partition coefficient (Wildman–Crippen LogP) is 2.22. The van der Waals surface area contributed by atoms with E-state index in [1.165, 1.54) is 16.5 Å². The van der Waals surface area contributed by atoms with Gasteiger partial charge in [0.1, 0.15) is 0 Å². The van der Waals surface area contributed by atoms with Crippen LogP contribution in [0.25, 0.3) is 10.9 Å². The van der Waals surface area contributed by atoms with Crippen molar-refractivity contribution in [2.24, 2.45) is 0 Å². The predicted molar refractivity (Wildman–Crippen MR) is 72.3 cm³/mol. The second-order valence-electron chi connectivity index (χ2n) is 4.36. The summed E-state index contributed by atoms with van der Waals surface area (Å²) in [4.78, 5) is 10.4. The van der Waals surface area contributed by atoms with Gasteiger partial charge >= 0.3 is 0 Å². The number of fused-ring (bicyclic) bond motifs is 1. The van der Waals surface area contributed by atoms with Gasteiger partial charge in [0.05, 0.1) is 6.33 Å². The first-order valence-corrected chi connectivity index (χ1v) is 6.16. The van der Waals surface area contributed by atoms with Crippen molar-refractivity contribution >= 4 is 10.9 Å². The lowest BCUT2D eigenvalue weighted by atomic mass is 10.1. The number of benzene rings is 1. The SMILES string of the molecule is c1ccc2c(CCNCc3cnc[nH]3)c[nH]c2c1. The smallest absolute Gasteiger partial charge is 0.0922 e. The molecule has 4 nitrogen and oxygen atoms in total. The Morgan fingerprint density at radius 3 is 3.00 bits per heavy atom. The molecule has 0 bridgehead atoms. The number of hydrogen-bond acceptors (Lipinski definition) is 2. The van der Waals surface area contributed by atoms with Gasteiger partial charge in [0.25, 0.3) is 0 Å². The van der Waals surface area contributed by atoms with Gasteiger partial charge in [-0.3, -0.25) is 0 Å². The third-order valence-corrected chi connectivity index (χ3v) is 3.12. The van der Waals surface area contributed by atoms with Crippen molar-refractivity contribution in [3.8, 4) is 0 Å². The molecule has 18 heavy (non-hydrogen) atoms. The summed E-state index contributed by atoms with van der Waals surface area (Å²) in [7, 11) is 0. The summed E-state index contributed by atoms with van der Waals surface area (Å²) in [5.74, 6) is 0. The highest BCUT2D eigenvalue weighted by atomic mass is 14.9. The summed E-state index contributed by atoms with van der Waals surface area (Å²) < 4.78 is 0. The van der Waals surface area contributed by atoms with Crippen LogP contribution in [0.1, 0.15) is 11.3 Å². The third-order valence-electron chi connectivity index (χ3n) is 3.12. The van der Waals surface area contributed by atoms with E-state index in [9.17, 15) is 0 Å². The van der Waals surface area contributed by atoms with Gasteiger partial charge in [0.2, 0.25) is 0 Å². The molecule has 0 saturated carbocycles. The molecule has 0 saturated heterocycles. The maximum absolute atomic E-state index is 3.99. The van der Waals surface area contributed by atoms with E-state index < -0.39 is 0 Å². The average Bonchev–Trinajstić information content (AvgIpc) is 3.04. The van der Waals surface area contributed by atoms with Gasteiger partial charge in [-0.15, -0.1) is 0 Å². The molecule has 0 atom stereocenters. The number of para-hydroxylation sites is 1. The lowest BCUT2D eigenvalue weighted by molar-refractivity contribution is 0.678. The molecule has 2 aromatic heterocycles. The van der Waals surface area contributed by atoms with Crippen molar-refractivity contribution < 1.29 is 0 Å². The zero-order valence-corrected chi connectivity index (χ0v) is 10.1. The van der Waals surface area contributed by atoms with E-state index in [-0.39, 0.29) is 0 Å². The molecule has 0 aliphatic heterocycles. The topological polar surface area (TPSA) is 56.5 Å². The number of H-pyrrole nitrogens is 2. The highest BCUT2D eigenvalue weighted by Gasteiger charge is 2.02. The van der Waals surface area contributed by atoms with Crippen molar-refractivity contribution in [3.05, 3.63) is 54.2 Å². The Hall–Kier alpha value is -2.07. The quantitative estimate of drug-likeness (QED) is 0.599. The van der Waals surface area contributed by atoms with E-state index in [0.29, 0.717) is 0 Å². The van der Waals surface area contributed by atoms with Gasteiger partial charge in [-0.1, -0.05) is 18.2 Å². The normalized spacial score (nSPS) is 11.1. The number of hydrogen-bond donors (Lipinski definition) is 3. The van der Waals surface area contributed by atoms with Gasteiger partial charge in [-0.2, -0.15) is 0 Å². The van der Waals surface area contributed by atoms with E-state index in [1.807, 2.05) is 6.20 Å². The molecule has 3 rings (SSSR count). The summed E-state index contributed by atoms with van der Waals surface area (Å²) in [5, 5.41) is 4.73. The van der Waals surface area contributed by atoms with Gasteiger partial charge in [-0.25, -0.2) is 4.98 Å². The Labute approximate surface area is 105 Å². The van der Waals surface area contributed by atoms with Crippen LogP contribution in [0.4, 0.5) is 0 Å². The van der Waals surface area contributed by atoms with E-state index in [4.69, 9.17) is 0 Å². The van der Waals surface area contributed by atoms with Gasteiger partial charge in [0, 0.05) is 35.5 Å². The molecular formula is C14H16N4. The van der Waals surface area contributed by atoms with Crippen LogP contribution >= 0.6 is 0 Å². The molecule has 0 amide bonds. The average molecular weight is 240 g/mol. The van der Waals surface area contributed by atoms with Crippen LogP contribution < -0.4 is 5.32 Å². The van der Waals surface area contributed by atoms with E-state index >= 15 is 0 Å². The highest BCUT2D eigenvalue weighted by molar-refractivity contribution is 5.83. The maximum atomic E-state index is 3.99. The number of nitrogens with zero attached hydrogens (tertiary/aromatic N) is 1. The van der Waals surface area contributed by atoms with Crippen LogP contribution in [0.3, 0.4) is 0 Å². The number of aromatic nitrogens is 3. The largest absolute Gasteiger partial charge is 0.361 e. The van der Waals surface area contributed by atoms with Crippen molar-refractivity contribution in [1.29, 1.82) is 0 Å². The minimum atomic E-state index is 0.836. The molecule has 92 valence electrons. The highest BCUT2D eigenvalue weighted by Crippen LogP contribution is 2.17. The van der Waals surface area contributed by atoms with Gasteiger partial charge in [0.15, 0.2) is 0 Å². The molecule has 0 spiro atoms. The first-order valence-electron chi connectivity index (χ1n) is 6.16. The molecule has 2 heterocycles. The van der Waals surface area contributed by atoms with Crippen LogP contribution in [0.5, 0.6) is 0 Å². The van der Waals surface area contributed by atoms with Crippen molar-refractivity contribution in [3.63, 3.8) is 0 Å². The Morgan fingerprint density at radius 1 is 1.17 bits per heavy atom. The fourth-order valence-electron chi connectivity index (χ4n) is 2.17. The summed E-state index contributed by atoms with van der Waals surface area (Å²) in [5.41, 5.74) is 3.69. The number of imidazole rings is 1. The summed E-state index contributed by atoms with van der Waals surface area (Å²) in [6.45, 7) is 1.79. The summed E-state index contributed by atoms with van der Waals surface area (Å²) in [6.07, 6.45) is 6.68. The summed E-state index contributed by atoms with van der Waals surface area (Å²) >= 11 is 0. The lowest BCUT2D eigenvalue weighted by Gasteiger charge is -2.02. The molecule has 0 aliphatic rings. The van der Waals surface area contributed by atoms with Crippen LogP contribution in [0, 0.1) is 0 Å². The van der Waals surface area contributed by atoms with Crippen LogP contribution in [-0.2, 0) is 13.0 Å². The number of aromatic amines is 2. The zero-order chi connectivity index (χ0) is 12.2. The second kappa shape index (κ2) is 5.06. The Bertz CT molecular complexity index is 610. The molecule has 0 aliphatic carbocycles. The molecule has 4 heteroatoms. The number of rotatable bonds is 5. The zero-order valence-electron chi connectivity index (χ0n) is 10.1. The Balaban J connectivity index is 1.57. The van der Waals surface area contributed by atoms with Crippen LogP contribution in [-0.4, -0.2) is 21.5 Å². The van der Waals surface area contributed by atoms with Gasteiger partial charge in [-0.05, 0) is 24.6 Å². The standard InChI is InChI=1S/C14H16N4/c1-2-4-14-13(3-1)11(7-17-14)5-6-15-8-12-9-16-10-18-12/h1-4,7,9-10,15,17H,5-6,8H2,(H,16,18). The third kappa shape index (κ3) is 2.28. The minimum absolute atomic E-state index is 0.836. The Kier molecular flexibility index (Phi) is 3.10. The fourth-order valence-corrected chi connectivity index (χ4v) is 2.17. The van der Waals surface area contributed by atoms with Crippen molar-refractivity contribution in [1.82, 2.24) is 20.3 Å². The van der Waals surface area contributed by atoms with Crippen molar-refractivity contribution in [2.75, 3.05) is 6.54 Å². The maximum Gasteiger partial charge on any atom is 0.0922 e. The van der Waals surface area contributed by atoms with Crippen molar-refractivity contribution in [2.45, 2.75) is 13.0 Å². The second-order valence-corrected chi connectivity index (χ2v) is 4.36. The molecule has 3 N–H and O–H groups in total. The molecule has 0 radical (unpaired) electrons. The van der Waals surface area contributed by atoms with Gasteiger partial charge < -0.3 is 15.3 Å². The van der Waals surface area contributed by atoms with E-state index in [0.717, 1.165) is 25.2 Å². The summed E-state index contributed by atoms with van der Waals surface area (Å²) in [6, 6.07) is 8.41. The fraction of sp³-hybridized carbons (Fsp3) is 0.214. The monoisotopic (exact) mass is 240 g/mol. The molecular weight excluding hydrogens is 224 g/mol. The number of nitrogens with one attached hydrogen (secondary N) is 3. The van der Waals surface area contributed by atoms with E-state index in [1.54, 1.807) is 6.33 Å². The van der Waals surface area contributed by atoms with E-state index in [2.05, 4.69) is 50.7 Å². The van der Waals surface area contributed by atoms with Crippen LogP contribution in [0.15, 0.2) is 43.0 Å². The molecule has 0 fully saturated rings. The first-order chi connectivity index (χ1) is 8.93. The minimum Gasteiger partial charge on any atom is -0.361 e. The molecule has 0 unspecified atom stereocenters. The molecule has 3 aromatic rings. The lowest BCUT2D eigenvalue weighted by Crippen LogP contribution is -2.16.